The lowest BCUT2D eigenvalue weighted by molar-refractivity contribution is 0.129. The molecule has 0 saturated heterocycles. The van der Waals surface area contributed by atoms with Crippen molar-refractivity contribution in [3.05, 3.63) is 0 Å². The van der Waals surface area contributed by atoms with E-state index in [4.69, 9.17) is 10.6 Å². The highest BCUT2D eigenvalue weighted by Crippen LogP contribution is 2.14. The molecule has 0 aliphatic rings. The molecule has 0 aromatic rings. The fourth-order valence-electron chi connectivity index (χ4n) is 0.803. The summed E-state index contributed by atoms with van der Waals surface area (Å²) in [5, 5.41) is 0.706. The Bertz CT molecular complexity index is 114. The minimum absolute atomic E-state index is 0.277. The molecule has 0 aromatic heterocycles. The largest absolute Gasteiger partial charge is 0.380 e. The Labute approximate surface area is 85.8 Å². The minimum atomic E-state index is 0.277. The van der Waals surface area contributed by atoms with E-state index in [2.05, 4.69) is 19.3 Å². The third-order valence-corrected chi connectivity index (χ3v) is 3.41. The van der Waals surface area contributed by atoms with Crippen LogP contribution in [0.25, 0.3) is 0 Å². The molecule has 0 bridgehead atoms. The van der Waals surface area contributed by atoms with Gasteiger partial charge in [-0.1, -0.05) is 13.8 Å². The number of hydrogen-bond acceptors (Lipinski definition) is 4. The number of ether oxygens (including phenoxy) is 1. The molecule has 4 heteroatoms. The van der Waals surface area contributed by atoms with Gasteiger partial charge in [-0.2, -0.15) is 11.8 Å². The zero-order chi connectivity index (χ0) is 10.1. The van der Waals surface area contributed by atoms with E-state index < -0.39 is 0 Å². The molecule has 80 valence electrons. The third-order valence-electron chi connectivity index (χ3n) is 1.92. The average molecular weight is 206 g/mol. The van der Waals surface area contributed by atoms with Crippen molar-refractivity contribution < 1.29 is 4.74 Å². The van der Waals surface area contributed by atoms with E-state index in [9.17, 15) is 0 Å². The minimum Gasteiger partial charge on any atom is -0.380 e. The van der Waals surface area contributed by atoms with Crippen LogP contribution in [-0.2, 0) is 4.74 Å². The van der Waals surface area contributed by atoms with Crippen molar-refractivity contribution in [3.8, 4) is 0 Å². The number of nitrogens with two attached hydrogens (primary N) is 1. The zero-order valence-electron chi connectivity index (χ0n) is 8.88. The van der Waals surface area contributed by atoms with Crippen molar-refractivity contribution in [1.82, 2.24) is 5.43 Å². The summed E-state index contributed by atoms with van der Waals surface area (Å²) in [5.74, 6) is 6.42. The molecule has 3 nitrogen and oxygen atoms in total. The fraction of sp³-hybridized carbons (Fsp3) is 1.00. The zero-order valence-corrected chi connectivity index (χ0v) is 9.69. The second kappa shape index (κ2) is 8.81. The molecule has 0 saturated carbocycles. The molecule has 0 aromatic carbocycles. The van der Waals surface area contributed by atoms with Crippen molar-refractivity contribution in [2.24, 2.45) is 5.84 Å². The van der Waals surface area contributed by atoms with Crippen LogP contribution in [0.3, 0.4) is 0 Å². The first-order valence-corrected chi connectivity index (χ1v) is 5.94. The van der Waals surface area contributed by atoms with Crippen molar-refractivity contribution in [2.45, 2.75) is 38.5 Å². The van der Waals surface area contributed by atoms with Gasteiger partial charge in [0.25, 0.3) is 0 Å². The summed E-state index contributed by atoms with van der Waals surface area (Å²) in [7, 11) is 0. The van der Waals surface area contributed by atoms with E-state index in [1.165, 1.54) is 6.42 Å². The van der Waals surface area contributed by atoms with Crippen LogP contribution in [0.1, 0.15) is 27.2 Å². The van der Waals surface area contributed by atoms with Crippen molar-refractivity contribution in [3.63, 3.8) is 0 Å². The van der Waals surface area contributed by atoms with E-state index in [-0.39, 0.29) is 6.04 Å². The number of thioether (sulfide) groups is 1. The first-order valence-electron chi connectivity index (χ1n) is 4.90. The van der Waals surface area contributed by atoms with E-state index in [1.807, 2.05) is 18.7 Å². The molecule has 0 aliphatic carbocycles. The van der Waals surface area contributed by atoms with Gasteiger partial charge in [-0.25, -0.2) is 0 Å². The maximum Gasteiger partial charge on any atom is 0.0641 e. The first kappa shape index (κ1) is 13.2. The van der Waals surface area contributed by atoms with Crippen molar-refractivity contribution in [1.29, 1.82) is 0 Å². The van der Waals surface area contributed by atoms with E-state index >= 15 is 0 Å². The Morgan fingerprint density at radius 2 is 2.15 bits per heavy atom. The number of nitrogens with one attached hydrogen (secondary N) is 1. The van der Waals surface area contributed by atoms with Crippen molar-refractivity contribution in [2.75, 3.05) is 19.0 Å². The van der Waals surface area contributed by atoms with Gasteiger partial charge in [0.05, 0.1) is 12.6 Å². The van der Waals surface area contributed by atoms with Crippen LogP contribution in [-0.4, -0.2) is 30.3 Å². The normalized spacial score (nSPS) is 15.7. The molecule has 2 unspecified atom stereocenters. The molecule has 0 spiro atoms. The molecule has 0 heterocycles. The van der Waals surface area contributed by atoms with Crippen LogP contribution >= 0.6 is 11.8 Å². The van der Waals surface area contributed by atoms with Crippen molar-refractivity contribution >= 4 is 11.8 Å². The molecule has 0 radical (unpaired) electrons. The van der Waals surface area contributed by atoms with Gasteiger partial charge < -0.3 is 4.74 Å². The third kappa shape index (κ3) is 7.31. The lowest BCUT2D eigenvalue weighted by Gasteiger charge is -2.17. The van der Waals surface area contributed by atoms with Crippen LogP contribution in [0.2, 0.25) is 0 Å². The molecular formula is C9H22N2OS. The summed E-state index contributed by atoms with van der Waals surface area (Å²) >= 11 is 1.94. The Kier molecular flexibility index (Phi) is 8.97. The van der Waals surface area contributed by atoms with Gasteiger partial charge in [0.2, 0.25) is 0 Å². The van der Waals surface area contributed by atoms with Crippen LogP contribution in [0.15, 0.2) is 0 Å². The Morgan fingerprint density at radius 3 is 2.62 bits per heavy atom. The lowest BCUT2D eigenvalue weighted by Crippen LogP contribution is -2.40. The summed E-state index contributed by atoms with van der Waals surface area (Å²) in [4.78, 5) is 0. The Balaban J connectivity index is 3.46. The second-order valence-electron chi connectivity index (χ2n) is 3.08. The van der Waals surface area contributed by atoms with Gasteiger partial charge in [0.15, 0.2) is 0 Å². The highest BCUT2D eigenvalue weighted by molar-refractivity contribution is 7.99. The lowest BCUT2D eigenvalue weighted by atomic mass is 10.4. The highest BCUT2D eigenvalue weighted by atomic mass is 32.2. The summed E-state index contributed by atoms with van der Waals surface area (Å²) in [6.07, 6.45) is 1.20. The predicted molar refractivity (Wildman–Crippen MR) is 59.8 cm³/mol. The molecule has 0 amide bonds. The van der Waals surface area contributed by atoms with Crippen LogP contribution in [0.4, 0.5) is 0 Å². The monoisotopic (exact) mass is 206 g/mol. The molecular weight excluding hydrogens is 184 g/mol. The SMILES string of the molecule is CCOCC(CSC(C)CC)NN. The summed E-state index contributed by atoms with van der Waals surface area (Å²) in [5.41, 5.74) is 2.77. The first-order chi connectivity index (χ1) is 6.24. The number of hydrogen-bond donors (Lipinski definition) is 2. The molecule has 0 rings (SSSR count). The van der Waals surface area contributed by atoms with E-state index in [0.717, 1.165) is 12.4 Å². The summed E-state index contributed by atoms with van der Waals surface area (Å²) in [6.45, 7) is 7.89. The smallest absolute Gasteiger partial charge is 0.0641 e. The van der Waals surface area contributed by atoms with Gasteiger partial charge in [-0.3, -0.25) is 11.3 Å². The van der Waals surface area contributed by atoms with Gasteiger partial charge >= 0.3 is 0 Å². The van der Waals surface area contributed by atoms with E-state index in [1.54, 1.807) is 0 Å². The van der Waals surface area contributed by atoms with Crippen LogP contribution in [0.5, 0.6) is 0 Å². The fourth-order valence-corrected chi connectivity index (χ4v) is 1.79. The number of rotatable bonds is 8. The van der Waals surface area contributed by atoms with Crippen LogP contribution < -0.4 is 11.3 Å². The van der Waals surface area contributed by atoms with E-state index in [0.29, 0.717) is 11.9 Å². The summed E-state index contributed by atoms with van der Waals surface area (Å²) in [6, 6.07) is 0.277. The van der Waals surface area contributed by atoms with Gasteiger partial charge in [-0.15, -0.1) is 0 Å². The quantitative estimate of drug-likeness (QED) is 0.465. The second-order valence-corrected chi connectivity index (χ2v) is 4.55. The highest BCUT2D eigenvalue weighted by Gasteiger charge is 2.08. The van der Waals surface area contributed by atoms with Gasteiger partial charge in [0.1, 0.15) is 0 Å². The van der Waals surface area contributed by atoms with Gasteiger partial charge in [0, 0.05) is 17.6 Å². The molecule has 13 heavy (non-hydrogen) atoms. The average Bonchev–Trinajstić information content (AvgIpc) is 2.17. The van der Waals surface area contributed by atoms with Gasteiger partial charge in [-0.05, 0) is 13.3 Å². The molecule has 0 fully saturated rings. The van der Waals surface area contributed by atoms with Crippen LogP contribution in [0, 0.1) is 0 Å². The molecule has 0 aliphatic heterocycles. The molecule has 3 N–H and O–H groups in total. The molecule has 2 atom stereocenters. The number of hydrazine groups is 1. The Hall–Kier alpha value is 0.230. The maximum atomic E-state index is 5.40. The standard InChI is InChI=1S/C9H22N2OS/c1-4-8(3)13-7-9(11-10)6-12-5-2/h8-9,11H,4-7,10H2,1-3H3. The maximum absolute atomic E-state index is 5.40. The predicted octanol–water partition coefficient (Wildman–Crippen LogP) is 1.39. The Morgan fingerprint density at radius 1 is 1.46 bits per heavy atom. The summed E-state index contributed by atoms with van der Waals surface area (Å²) < 4.78 is 5.30. The topological polar surface area (TPSA) is 47.3 Å².